The van der Waals surface area contributed by atoms with E-state index < -0.39 is 23.1 Å². The smallest absolute Gasteiger partial charge is 0.261 e. The van der Waals surface area contributed by atoms with E-state index in [2.05, 4.69) is 10.3 Å². The Morgan fingerprint density at radius 3 is 2.50 bits per heavy atom. The fourth-order valence-electron chi connectivity index (χ4n) is 2.36. The van der Waals surface area contributed by atoms with Crippen LogP contribution in [0.1, 0.15) is 17.3 Å². The van der Waals surface area contributed by atoms with Crippen LogP contribution in [-0.2, 0) is 0 Å². The molecule has 0 spiro atoms. The third-order valence-electron chi connectivity index (χ3n) is 3.42. The number of ether oxygens (including phenoxy) is 1. The molecule has 0 saturated heterocycles. The Morgan fingerprint density at radius 2 is 1.79 bits per heavy atom. The van der Waals surface area contributed by atoms with Crippen molar-refractivity contribution in [3.8, 4) is 5.88 Å². The van der Waals surface area contributed by atoms with Gasteiger partial charge in [-0.1, -0.05) is 18.2 Å². The molecular formula is C18H14F2N2O2. The number of anilines is 1. The molecule has 0 atom stereocenters. The van der Waals surface area contributed by atoms with E-state index in [-0.39, 0.29) is 0 Å². The van der Waals surface area contributed by atoms with Crippen molar-refractivity contribution in [2.45, 2.75) is 6.92 Å². The monoisotopic (exact) mass is 328 g/mol. The van der Waals surface area contributed by atoms with Gasteiger partial charge in [0.2, 0.25) is 5.88 Å². The molecule has 0 radical (unpaired) electrons. The van der Waals surface area contributed by atoms with E-state index >= 15 is 0 Å². The zero-order chi connectivity index (χ0) is 17.1. The summed E-state index contributed by atoms with van der Waals surface area (Å²) in [6, 6.07) is 11.9. The van der Waals surface area contributed by atoms with Gasteiger partial charge in [-0.25, -0.2) is 13.8 Å². The van der Waals surface area contributed by atoms with Gasteiger partial charge in [-0.15, -0.1) is 0 Å². The molecule has 0 saturated carbocycles. The molecule has 3 rings (SSSR count). The van der Waals surface area contributed by atoms with Gasteiger partial charge in [0.15, 0.2) is 0 Å². The lowest BCUT2D eigenvalue weighted by Gasteiger charge is -2.10. The highest BCUT2D eigenvalue weighted by molar-refractivity contribution is 6.08. The second kappa shape index (κ2) is 6.62. The van der Waals surface area contributed by atoms with Crippen molar-refractivity contribution < 1.29 is 18.3 Å². The molecule has 0 bridgehead atoms. The highest BCUT2D eigenvalue weighted by Gasteiger charge is 2.18. The first-order chi connectivity index (χ1) is 11.6. The van der Waals surface area contributed by atoms with Crippen LogP contribution in [0.25, 0.3) is 10.9 Å². The predicted octanol–water partition coefficient (Wildman–Crippen LogP) is 4.16. The Hall–Kier alpha value is -3.02. The molecule has 4 nitrogen and oxygen atoms in total. The van der Waals surface area contributed by atoms with Crippen LogP contribution in [-0.4, -0.2) is 17.5 Å². The number of aromatic nitrogens is 1. The number of halogens is 2. The summed E-state index contributed by atoms with van der Waals surface area (Å²) >= 11 is 0. The van der Waals surface area contributed by atoms with Gasteiger partial charge < -0.3 is 10.1 Å². The lowest BCUT2D eigenvalue weighted by Crippen LogP contribution is -2.16. The summed E-state index contributed by atoms with van der Waals surface area (Å²) in [5.74, 6) is -2.31. The number of benzene rings is 2. The summed E-state index contributed by atoms with van der Waals surface area (Å²) < 4.78 is 32.8. The molecule has 0 aliphatic heterocycles. The van der Waals surface area contributed by atoms with Crippen LogP contribution in [0, 0.1) is 11.6 Å². The maximum absolute atomic E-state index is 13.7. The van der Waals surface area contributed by atoms with Crippen LogP contribution >= 0.6 is 0 Å². The molecule has 2 aromatic carbocycles. The molecule has 0 fully saturated rings. The number of nitrogens with one attached hydrogen (secondary N) is 1. The van der Waals surface area contributed by atoms with Crippen LogP contribution in [0.2, 0.25) is 0 Å². The Morgan fingerprint density at radius 1 is 1.08 bits per heavy atom. The molecule has 1 amide bonds. The zero-order valence-corrected chi connectivity index (χ0v) is 12.8. The number of fused-ring (bicyclic) bond motifs is 1. The topological polar surface area (TPSA) is 51.2 Å². The number of nitrogens with zero attached hydrogens (tertiary/aromatic N) is 1. The van der Waals surface area contributed by atoms with Gasteiger partial charge in [0.25, 0.3) is 5.91 Å². The van der Waals surface area contributed by atoms with Crippen molar-refractivity contribution in [2.24, 2.45) is 0 Å². The van der Waals surface area contributed by atoms with E-state index in [1.165, 1.54) is 6.07 Å². The Bertz CT molecular complexity index is 892. The molecule has 0 unspecified atom stereocenters. The summed E-state index contributed by atoms with van der Waals surface area (Å²) in [6.07, 6.45) is 0. The van der Waals surface area contributed by atoms with E-state index in [9.17, 15) is 13.6 Å². The van der Waals surface area contributed by atoms with E-state index in [1.807, 2.05) is 13.0 Å². The fourth-order valence-corrected chi connectivity index (χ4v) is 2.36. The second-order valence-corrected chi connectivity index (χ2v) is 5.01. The first kappa shape index (κ1) is 15.9. The standard InChI is InChI=1S/C18H14F2N2O2/c1-2-24-15-10-9-11-5-3-8-14(17(11)22-15)21-18(23)16-12(19)6-4-7-13(16)20/h3-10H,2H2,1H3,(H,21,23). The Balaban J connectivity index is 2.00. The molecule has 3 aromatic rings. The highest BCUT2D eigenvalue weighted by atomic mass is 19.1. The lowest BCUT2D eigenvalue weighted by molar-refractivity contribution is 0.101. The van der Waals surface area contributed by atoms with E-state index in [1.54, 1.807) is 24.3 Å². The van der Waals surface area contributed by atoms with Crippen molar-refractivity contribution in [3.63, 3.8) is 0 Å². The predicted molar refractivity (Wildman–Crippen MR) is 87.2 cm³/mol. The van der Waals surface area contributed by atoms with E-state index in [0.29, 0.717) is 23.7 Å². The Labute approximate surface area is 137 Å². The minimum atomic E-state index is -0.921. The van der Waals surface area contributed by atoms with Gasteiger partial charge in [-0.05, 0) is 31.2 Å². The van der Waals surface area contributed by atoms with Crippen LogP contribution in [0.3, 0.4) is 0 Å². The van der Waals surface area contributed by atoms with E-state index in [4.69, 9.17) is 4.74 Å². The van der Waals surface area contributed by atoms with Gasteiger partial charge in [0.05, 0.1) is 17.8 Å². The summed E-state index contributed by atoms with van der Waals surface area (Å²) in [7, 11) is 0. The number of rotatable bonds is 4. The number of pyridine rings is 1. The molecule has 0 aliphatic rings. The minimum absolute atomic E-state index is 0.349. The maximum Gasteiger partial charge on any atom is 0.261 e. The first-order valence-electron chi connectivity index (χ1n) is 7.38. The second-order valence-electron chi connectivity index (χ2n) is 5.01. The summed E-state index contributed by atoms with van der Waals surface area (Å²) in [4.78, 5) is 16.6. The number of para-hydroxylation sites is 1. The van der Waals surface area contributed by atoms with Gasteiger partial charge >= 0.3 is 0 Å². The maximum atomic E-state index is 13.7. The number of hydrogen-bond acceptors (Lipinski definition) is 3. The quantitative estimate of drug-likeness (QED) is 0.782. The van der Waals surface area contributed by atoms with Gasteiger partial charge in [0, 0.05) is 11.5 Å². The Kier molecular flexibility index (Phi) is 4.37. The van der Waals surface area contributed by atoms with Crippen molar-refractivity contribution in [3.05, 3.63) is 65.7 Å². The zero-order valence-electron chi connectivity index (χ0n) is 12.8. The molecule has 6 heteroatoms. The van der Waals surface area contributed by atoms with Crippen LogP contribution in [0.4, 0.5) is 14.5 Å². The molecule has 0 aliphatic carbocycles. The van der Waals surface area contributed by atoms with Crippen molar-refractivity contribution in [1.82, 2.24) is 4.98 Å². The molecular weight excluding hydrogens is 314 g/mol. The average molecular weight is 328 g/mol. The van der Waals surface area contributed by atoms with Gasteiger partial charge in [-0.2, -0.15) is 0 Å². The number of carbonyl (C=O) groups is 1. The summed E-state index contributed by atoms with van der Waals surface area (Å²) in [5.41, 5.74) is 0.200. The lowest BCUT2D eigenvalue weighted by atomic mass is 10.1. The normalized spacial score (nSPS) is 10.6. The van der Waals surface area contributed by atoms with Crippen LogP contribution < -0.4 is 10.1 Å². The van der Waals surface area contributed by atoms with Crippen LogP contribution in [0.5, 0.6) is 5.88 Å². The SMILES string of the molecule is CCOc1ccc2cccc(NC(=O)c3c(F)cccc3F)c2n1. The van der Waals surface area contributed by atoms with Crippen molar-refractivity contribution >= 4 is 22.5 Å². The molecule has 1 aromatic heterocycles. The highest BCUT2D eigenvalue weighted by Crippen LogP contribution is 2.25. The average Bonchev–Trinajstić information content (AvgIpc) is 2.55. The number of carbonyl (C=O) groups excluding carboxylic acids is 1. The number of hydrogen-bond donors (Lipinski definition) is 1. The van der Waals surface area contributed by atoms with Gasteiger partial charge in [-0.3, -0.25) is 4.79 Å². The van der Waals surface area contributed by atoms with Gasteiger partial charge in [0.1, 0.15) is 17.2 Å². The van der Waals surface area contributed by atoms with Crippen molar-refractivity contribution in [2.75, 3.05) is 11.9 Å². The molecule has 1 heterocycles. The molecule has 122 valence electrons. The van der Waals surface area contributed by atoms with E-state index in [0.717, 1.165) is 17.5 Å². The fraction of sp³-hybridized carbons (Fsp3) is 0.111. The number of amides is 1. The third kappa shape index (κ3) is 3.03. The third-order valence-corrected chi connectivity index (χ3v) is 3.42. The van der Waals surface area contributed by atoms with Crippen LogP contribution in [0.15, 0.2) is 48.5 Å². The summed E-state index contributed by atoms with van der Waals surface area (Å²) in [6.45, 7) is 2.29. The minimum Gasteiger partial charge on any atom is -0.478 e. The molecule has 24 heavy (non-hydrogen) atoms. The first-order valence-corrected chi connectivity index (χ1v) is 7.38. The molecule has 1 N–H and O–H groups in total. The largest absolute Gasteiger partial charge is 0.478 e. The summed E-state index contributed by atoms with van der Waals surface area (Å²) in [5, 5.41) is 3.28. The van der Waals surface area contributed by atoms with Crippen molar-refractivity contribution in [1.29, 1.82) is 0 Å².